The van der Waals surface area contributed by atoms with Crippen molar-refractivity contribution in [1.82, 2.24) is 14.5 Å². The predicted octanol–water partition coefficient (Wildman–Crippen LogP) is 13.2. The highest BCUT2D eigenvalue weighted by atomic mass is 15.0. The SMILES string of the molecule is CCCc1ccc(-c2ccccc2-c2nc(-c3ccccc3)cc(-c3ccccc3-n3c4ccccc4c4ccccc43)n2)cc1-c1ccccc1C. The van der Waals surface area contributed by atoms with Crippen molar-refractivity contribution in [2.75, 3.05) is 0 Å². The predicted molar refractivity (Wildman–Crippen MR) is 222 cm³/mol. The molecule has 254 valence electrons. The molecular weight excluding hydrogens is 643 g/mol. The smallest absolute Gasteiger partial charge is 0.161 e. The van der Waals surface area contributed by atoms with Gasteiger partial charge in [-0.05, 0) is 77.1 Å². The van der Waals surface area contributed by atoms with Crippen LogP contribution in [0, 0.1) is 6.92 Å². The van der Waals surface area contributed by atoms with Crippen LogP contribution >= 0.6 is 0 Å². The Morgan fingerprint density at radius 3 is 1.75 bits per heavy atom. The Morgan fingerprint density at radius 2 is 1.04 bits per heavy atom. The van der Waals surface area contributed by atoms with Crippen molar-refractivity contribution in [2.45, 2.75) is 26.7 Å². The Balaban J connectivity index is 1.26. The second kappa shape index (κ2) is 13.9. The van der Waals surface area contributed by atoms with E-state index in [1.807, 2.05) is 6.07 Å². The van der Waals surface area contributed by atoms with Crippen molar-refractivity contribution in [3.8, 4) is 61.8 Å². The van der Waals surface area contributed by atoms with E-state index in [4.69, 9.17) is 9.97 Å². The number of benzene rings is 7. The van der Waals surface area contributed by atoms with Crippen LogP contribution in [0.1, 0.15) is 24.5 Å². The second-order valence-electron chi connectivity index (χ2n) is 13.7. The van der Waals surface area contributed by atoms with E-state index in [9.17, 15) is 0 Å². The average molecular weight is 682 g/mol. The van der Waals surface area contributed by atoms with Crippen LogP contribution < -0.4 is 0 Å². The highest BCUT2D eigenvalue weighted by Crippen LogP contribution is 2.39. The zero-order valence-electron chi connectivity index (χ0n) is 30.0. The van der Waals surface area contributed by atoms with Crippen molar-refractivity contribution < 1.29 is 0 Å². The molecule has 0 radical (unpaired) electrons. The highest BCUT2D eigenvalue weighted by molar-refractivity contribution is 6.09. The average Bonchev–Trinajstić information content (AvgIpc) is 3.56. The van der Waals surface area contributed by atoms with E-state index in [1.165, 1.54) is 44.1 Å². The van der Waals surface area contributed by atoms with Gasteiger partial charge >= 0.3 is 0 Å². The van der Waals surface area contributed by atoms with Crippen LogP contribution in [0.15, 0.2) is 176 Å². The number of hydrogen-bond acceptors (Lipinski definition) is 2. The van der Waals surface area contributed by atoms with E-state index in [-0.39, 0.29) is 0 Å². The number of rotatable bonds is 8. The van der Waals surface area contributed by atoms with Gasteiger partial charge in [0.2, 0.25) is 0 Å². The van der Waals surface area contributed by atoms with E-state index in [1.54, 1.807) is 0 Å². The summed E-state index contributed by atoms with van der Waals surface area (Å²) in [4.78, 5) is 10.7. The number of fused-ring (bicyclic) bond motifs is 3. The summed E-state index contributed by atoms with van der Waals surface area (Å²) in [5.41, 5.74) is 15.7. The summed E-state index contributed by atoms with van der Waals surface area (Å²) >= 11 is 0. The molecule has 7 aromatic carbocycles. The van der Waals surface area contributed by atoms with Gasteiger partial charge in [0.1, 0.15) is 0 Å². The van der Waals surface area contributed by atoms with Crippen molar-refractivity contribution in [2.24, 2.45) is 0 Å². The molecule has 0 saturated carbocycles. The maximum atomic E-state index is 5.43. The Bertz CT molecular complexity index is 2700. The number of nitrogens with zero attached hydrogens (tertiary/aromatic N) is 3. The number of aromatic nitrogens is 3. The normalized spacial score (nSPS) is 11.4. The standard InChI is InChI=1S/C50H39N3/c1-3-17-35-30-31-37(32-44(35)38-21-8-7-18-34(38)2)39-22-9-10-25-42(39)50-51-45(36-19-5-4-6-20-36)33-46(52-50)43-26-13-16-29-49(43)53-47-27-14-11-23-40(47)41-24-12-15-28-48(41)53/h4-16,18-33H,3,17H2,1-2H3. The Morgan fingerprint density at radius 1 is 0.453 bits per heavy atom. The number of para-hydroxylation sites is 3. The first-order valence-corrected chi connectivity index (χ1v) is 18.5. The first-order valence-electron chi connectivity index (χ1n) is 18.5. The van der Waals surface area contributed by atoms with Gasteiger partial charge in [0.05, 0.1) is 28.1 Å². The van der Waals surface area contributed by atoms with E-state index < -0.39 is 0 Å². The minimum atomic E-state index is 0.698. The van der Waals surface area contributed by atoms with Crippen molar-refractivity contribution in [3.63, 3.8) is 0 Å². The first kappa shape index (κ1) is 32.3. The summed E-state index contributed by atoms with van der Waals surface area (Å²) in [5, 5.41) is 2.46. The maximum Gasteiger partial charge on any atom is 0.161 e. The summed E-state index contributed by atoms with van der Waals surface area (Å²) in [6, 6.07) is 62.7. The van der Waals surface area contributed by atoms with E-state index in [0.717, 1.165) is 57.7 Å². The lowest BCUT2D eigenvalue weighted by Gasteiger charge is -2.17. The lowest BCUT2D eigenvalue weighted by Crippen LogP contribution is -2.01. The first-order chi connectivity index (χ1) is 26.2. The Kier molecular flexibility index (Phi) is 8.45. The minimum Gasteiger partial charge on any atom is -0.309 e. The topological polar surface area (TPSA) is 30.7 Å². The minimum absolute atomic E-state index is 0.698. The molecule has 3 heteroatoms. The Hall–Kier alpha value is -6.58. The third-order valence-electron chi connectivity index (χ3n) is 10.3. The molecule has 0 aliphatic rings. The van der Waals surface area contributed by atoms with Gasteiger partial charge in [-0.25, -0.2) is 9.97 Å². The summed E-state index contributed by atoms with van der Waals surface area (Å²) in [7, 11) is 0. The molecule has 0 amide bonds. The van der Waals surface area contributed by atoms with Crippen LogP contribution in [0.25, 0.3) is 83.6 Å². The second-order valence-corrected chi connectivity index (χ2v) is 13.7. The molecule has 0 bridgehead atoms. The van der Waals surface area contributed by atoms with E-state index >= 15 is 0 Å². The van der Waals surface area contributed by atoms with E-state index in [0.29, 0.717) is 5.82 Å². The van der Waals surface area contributed by atoms with Crippen molar-refractivity contribution in [3.05, 3.63) is 187 Å². The van der Waals surface area contributed by atoms with Gasteiger partial charge in [0.15, 0.2) is 5.82 Å². The third kappa shape index (κ3) is 5.91. The molecule has 0 N–H and O–H groups in total. The molecule has 0 unspecified atom stereocenters. The molecule has 0 spiro atoms. The quantitative estimate of drug-likeness (QED) is 0.160. The molecule has 0 atom stereocenters. The maximum absolute atomic E-state index is 5.43. The summed E-state index contributed by atoms with van der Waals surface area (Å²) in [5.74, 6) is 0.698. The van der Waals surface area contributed by atoms with Gasteiger partial charge in [-0.3, -0.25) is 0 Å². The molecule has 0 aliphatic carbocycles. The van der Waals surface area contributed by atoms with Crippen LogP contribution in [-0.4, -0.2) is 14.5 Å². The van der Waals surface area contributed by atoms with Gasteiger partial charge in [-0.15, -0.1) is 0 Å². The molecule has 2 heterocycles. The fourth-order valence-corrected chi connectivity index (χ4v) is 7.82. The lowest BCUT2D eigenvalue weighted by molar-refractivity contribution is 0.923. The van der Waals surface area contributed by atoms with Crippen LogP contribution in [0.3, 0.4) is 0 Å². The molecule has 3 nitrogen and oxygen atoms in total. The van der Waals surface area contributed by atoms with Gasteiger partial charge in [0.25, 0.3) is 0 Å². The lowest BCUT2D eigenvalue weighted by atomic mass is 9.89. The Labute approximate surface area is 310 Å². The molecular formula is C50H39N3. The van der Waals surface area contributed by atoms with Crippen LogP contribution in [-0.2, 0) is 6.42 Å². The summed E-state index contributed by atoms with van der Waals surface area (Å²) in [6.45, 7) is 4.45. The van der Waals surface area contributed by atoms with Gasteiger partial charge < -0.3 is 4.57 Å². The zero-order chi connectivity index (χ0) is 35.7. The van der Waals surface area contributed by atoms with Gasteiger partial charge in [0, 0.05) is 27.5 Å². The largest absolute Gasteiger partial charge is 0.309 e. The van der Waals surface area contributed by atoms with Gasteiger partial charge in [-0.2, -0.15) is 0 Å². The fourth-order valence-electron chi connectivity index (χ4n) is 7.82. The fraction of sp³-hybridized carbons (Fsp3) is 0.0800. The molecule has 0 fully saturated rings. The summed E-state index contributed by atoms with van der Waals surface area (Å²) in [6.07, 6.45) is 2.12. The molecule has 53 heavy (non-hydrogen) atoms. The van der Waals surface area contributed by atoms with Gasteiger partial charge in [-0.1, -0.05) is 159 Å². The molecule has 9 rings (SSSR count). The number of aryl methyl sites for hydroxylation is 2. The molecule has 2 aromatic heterocycles. The van der Waals surface area contributed by atoms with Crippen molar-refractivity contribution >= 4 is 21.8 Å². The third-order valence-corrected chi connectivity index (χ3v) is 10.3. The highest BCUT2D eigenvalue weighted by Gasteiger charge is 2.20. The van der Waals surface area contributed by atoms with E-state index in [2.05, 4.69) is 188 Å². The molecule has 0 aliphatic heterocycles. The van der Waals surface area contributed by atoms with Crippen LogP contribution in [0.5, 0.6) is 0 Å². The molecule has 9 aromatic rings. The summed E-state index contributed by atoms with van der Waals surface area (Å²) < 4.78 is 2.38. The van der Waals surface area contributed by atoms with Crippen LogP contribution in [0.2, 0.25) is 0 Å². The molecule has 0 saturated heterocycles. The van der Waals surface area contributed by atoms with Crippen molar-refractivity contribution in [1.29, 1.82) is 0 Å². The monoisotopic (exact) mass is 681 g/mol. The van der Waals surface area contributed by atoms with Crippen LogP contribution in [0.4, 0.5) is 0 Å². The zero-order valence-corrected chi connectivity index (χ0v) is 30.0. The number of hydrogen-bond donors (Lipinski definition) is 0.